The summed E-state index contributed by atoms with van der Waals surface area (Å²) in [5, 5.41) is 0.280. The summed E-state index contributed by atoms with van der Waals surface area (Å²) in [4.78, 5) is 30.1. The molecule has 0 atom stereocenters. The van der Waals surface area contributed by atoms with Crippen molar-refractivity contribution in [3.05, 3.63) is 35.4 Å². The van der Waals surface area contributed by atoms with Gasteiger partial charge in [-0.2, -0.15) is 0 Å². The monoisotopic (exact) mass is 380 g/mol. The minimum Gasteiger partial charge on any atom is -0.466 e. The maximum absolute atomic E-state index is 13.6. The average molecular weight is 380 g/mol. The molecule has 0 aliphatic heterocycles. The van der Waals surface area contributed by atoms with Gasteiger partial charge in [0.25, 0.3) is 0 Å². The summed E-state index contributed by atoms with van der Waals surface area (Å²) in [6.45, 7) is 6.34. The zero-order valence-corrected chi connectivity index (χ0v) is 15.6. The lowest BCUT2D eigenvalue weighted by molar-refractivity contribution is -0.142. The van der Waals surface area contributed by atoms with E-state index in [4.69, 9.17) is 9.47 Å². The van der Waals surface area contributed by atoms with Crippen LogP contribution in [0.3, 0.4) is 0 Å². The van der Waals surface area contributed by atoms with Crippen LogP contribution in [-0.2, 0) is 14.3 Å². The number of fused-ring (bicyclic) bond motifs is 1. The highest BCUT2D eigenvalue weighted by Crippen LogP contribution is 2.26. The van der Waals surface area contributed by atoms with Crippen LogP contribution in [0.15, 0.2) is 18.2 Å². The fourth-order valence-electron chi connectivity index (χ4n) is 2.63. The lowest BCUT2D eigenvalue weighted by Crippen LogP contribution is -2.29. The Morgan fingerprint density at radius 2 is 1.70 bits per heavy atom. The molecule has 0 aliphatic carbocycles. The fraction of sp³-hybridized carbons (Fsp3) is 0.421. The minimum atomic E-state index is -1.03. The van der Waals surface area contributed by atoms with Crippen LogP contribution in [0.2, 0.25) is 0 Å². The van der Waals surface area contributed by atoms with E-state index in [1.54, 1.807) is 18.7 Å². The molecule has 0 N–H and O–H groups in total. The van der Waals surface area contributed by atoms with Crippen LogP contribution in [0.5, 0.6) is 0 Å². The molecule has 0 spiro atoms. The average Bonchev–Trinajstić information content (AvgIpc) is 2.63. The van der Waals surface area contributed by atoms with Gasteiger partial charge >= 0.3 is 11.9 Å². The molecule has 146 valence electrons. The maximum atomic E-state index is 13.6. The van der Waals surface area contributed by atoms with Crippen LogP contribution in [-0.4, -0.2) is 43.2 Å². The first-order valence-electron chi connectivity index (χ1n) is 8.78. The van der Waals surface area contributed by atoms with Gasteiger partial charge < -0.3 is 14.4 Å². The predicted molar refractivity (Wildman–Crippen MR) is 96.8 cm³/mol. The maximum Gasteiger partial charge on any atom is 0.341 e. The lowest BCUT2D eigenvalue weighted by Gasteiger charge is -2.24. The number of esters is 2. The molecule has 0 fully saturated rings. The van der Waals surface area contributed by atoms with E-state index in [1.807, 2.05) is 6.92 Å². The minimum absolute atomic E-state index is 0.0987. The third kappa shape index (κ3) is 4.90. The first-order valence-corrected chi connectivity index (χ1v) is 8.78. The zero-order valence-electron chi connectivity index (χ0n) is 15.6. The van der Waals surface area contributed by atoms with Gasteiger partial charge in [-0.1, -0.05) is 0 Å². The highest BCUT2D eigenvalue weighted by atomic mass is 19.2. The van der Waals surface area contributed by atoms with Crippen molar-refractivity contribution in [1.82, 2.24) is 4.98 Å². The summed E-state index contributed by atoms with van der Waals surface area (Å²) in [5.74, 6) is -2.80. The van der Waals surface area contributed by atoms with Crippen molar-refractivity contribution >= 4 is 28.7 Å². The molecule has 0 radical (unpaired) electrons. The normalized spacial score (nSPS) is 10.7. The number of ether oxygens (including phenoxy) is 2. The van der Waals surface area contributed by atoms with E-state index >= 15 is 0 Å². The van der Waals surface area contributed by atoms with Crippen LogP contribution in [0.4, 0.5) is 14.6 Å². The van der Waals surface area contributed by atoms with E-state index in [-0.39, 0.29) is 54.4 Å². The number of halogens is 2. The summed E-state index contributed by atoms with van der Waals surface area (Å²) in [5.41, 5.74) is 0.326. The summed E-state index contributed by atoms with van der Waals surface area (Å²) >= 11 is 0. The van der Waals surface area contributed by atoms with Crippen LogP contribution >= 0.6 is 0 Å². The van der Waals surface area contributed by atoms with Crippen molar-refractivity contribution in [1.29, 1.82) is 0 Å². The molecule has 2 rings (SSSR count). The predicted octanol–water partition coefficient (Wildman–Crippen LogP) is 3.47. The van der Waals surface area contributed by atoms with Crippen molar-refractivity contribution in [2.24, 2.45) is 0 Å². The molecule has 0 saturated heterocycles. The van der Waals surface area contributed by atoms with Gasteiger partial charge in [-0.3, -0.25) is 4.79 Å². The fourth-order valence-corrected chi connectivity index (χ4v) is 2.63. The number of hydrogen-bond donors (Lipinski definition) is 0. The van der Waals surface area contributed by atoms with Crippen LogP contribution in [0, 0.1) is 11.6 Å². The van der Waals surface area contributed by atoms with E-state index in [9.17, 15) is 18.4 Å². The van der Waals surface area contributed by atoms with E-state index in [0.29, 0.717) is 6.54 Å². The van der Waals surface area contributed by atoms with Gasteiger partial charge in [-0.15, -0.1) is 0 Å². The molecule has 1 aromatic carbocycles. The van der Waals surface area contributed by atoms with Crippen molar-refractivity contribution in [3.8, 4) is 0 Å². The molecule has 8 heteroatoms. The standard InChI is InChI=1S/C19H22F2N2O4/c1-4-23(8-7-17(24)26-5-2)18-13(19(25)27-6-3)9-12-10-14(20)15(21)11-16(12)22-18/h9-11H,4-8H2,1-3H3. The first-order chi connectivity index (χ1) is 12.9. The number of aromatic nitrogens is 1. The van der Waals surface area contributed by atoms with E-state index in [2.05, 4.69) is 4.98 Å². The van der Waals surface area contributed by atoms with Gasteiger partial charge in [0.15, 0.2) is 11.6 Å². The third-order valence-corrected chi connectivity index (χ3v) is 3.90. The Balaban J connectivity index is 2.49. The molecule has 6 nitrogen and oxygen atoms in total. The number of anilines is 1. The highest BCUT2D eigenvalue weighted by Gasteiger charge is 2.21. The number of benzene rings is 1. The van der Waals surface area contributed by atoms with Gasteiger partial charge in [0.2, 0.25) is 0 Å². The third-order valence-electron chi connectivity index (χ3n) is 3.90. The van der Waals surface area contributed by atoms with Crippen molar-refractivity contribution in [2.75, 3.05) is 31.2 Å². The number of rotatable bonds is 8. The van der Waals surface area contributed by atoms with Gasteiger partial charge in [0.05, 0.1) is 25.2 Å². The molecular formula is C19H22F2N2O4. The number of carbonyl (C=O) groups excluding carboxylic acids is 2. The Bertz CT molecular complexity index is 842. The zero-order chi connectivity index (χ0) is 20.0. The van der Waals surface area contributed by atoms with Gasteiger partial charge in [0, 0.05) is 24.5 Å². The molecule has 1 aromatic heterocycles. The van der Waals surface area contributed by atoms with Gasteiger partial charge in [-0.05, 0) is 32.9 Å². The largest absolute Gasteiger partial charge is 0.466 e. The number of nitrogens with zero attached hydrogens (tertiary/aromatic N) is 2. The van der Waals surface area contributed by atoms with E-state index in [0.717, 1.165) is 12.1 Å². The molecule has 0 saturated carbocycles. The summed E-state index contributed by atoms with van der Waals surface area (Å²) < 4.78 is 37.1. The second-order valence-electron chi connectivity index (χ2n) is 5.67. The van der Waals surface area contributed by atoms with Crippen LogP contribution in [0.25, 0.3) is 10.9 Å². The first kappa shape index (κ1) is 20.5. The van der Waals surface area contributed by atoms with E-state index in [1.165, 1.54) is 6.07 Å². The smallest absolute Gasteiger partial charge is 0.341 e. The van der Waals surface area contributed by atoms with Crippen LogP contribution in [0.1, 0.15) is 37.6 Å². The summed E-state index contributed by atoms with van der Waals surface area (Å²) in [7, 11) is 0. The summed E-state index contributed by atoms with van der Waals surface area (Å²) in [6.07, 6.45) is 0.0987. The highest BCUT2D eigenvalue weighted by molar-refractivity contribution is 5.99. The number of pyridine rings is 1. The quantitative estimate of drug-likeness (QED) is 0.653. The van der Waals surface area contributed by atoms with Crippen LogP contribution < -0.4 is 4.90 Å². The molecule has 1 heterocycles. The van der Waals surface area contributed by atoms with E-state index < -0.39 is 17.6 Å². The molecule has 2 aromatic rings. The topological polar surface area (TPSA) is 68.7 Å². The Kier molecular flexibility index (Phi) is 7.04. The van der Waals surface area contributed by atoms with Gasteiger partial charge in [-0.25, -0.2) is 18.6 Å². The molecular weight excluding hydrogens is 358 g/mol. The molecule has 0 aliphatic rings. The molecule has 0 amide bonds. The second-order valence-corrected chi connectivity index (χ2v) is 5.67. The van der Waals surface area contributed by atoms with Crippen molar-refractivity contribution in [3.63, 3.8) is 0 Å². The summed E-state index contributed by atoms with van der Waals surface area (Å²) in [6, 6.07) is 3.38. The van der Waals surface area contributed by atoms with Gasteiger partial charge in [0.1, 0.15) is 11.4 Å². The SMILES string of the molecule is CCOC(=O)CCN(CC)c1nc2cc(F)c(F)cc2cc1C(=O)OCC. The molecule has 0 bridgehead atoms. The Hall–Kier alpha value is -2.77. The Morgan fingerprint density at radius 1 is 1.04 bits per heavy atom. The molecule has 0 unspecified atom stereocenters. The molecule has 27 heavy (non-hydrogen) atoms. The Morgan fingerprint density at radius 3 is 2.33 bits per heavy atom. The second kappa shape index (κ2) is 9.25. The van der Waals surface area contributed by atoms with Crippen molar-refractivity contribution in [2.45, 2.75) is 27.2 Å². The lowest BCUT2D eigenvalue weighted by atomic mass is 10.1. The Labute approximate surface area is 156 Å². The number of hydrogen-bond acceptors (Lipinski definition) is 6. The van der Waals surface area contributed by atoms with Crippen molar-refractivity contribution < 1.29 is 27.8 Å². The number of carbonyl (C=O) groups is 2.